The third kappa shape index (κ3) is 2.74. The zero-order valence-corrected chi connectivity index (χ0v) is 10.7. The van der Waals surface area contributed by atoms with Crippen LogP contribution in [0, 0.1) is 5.92 Å². The van der Waals surface area contributed by atoms with E-state index in [9.17, 15) is 4.79 Å². The van der Waals surface area contributed by atoms with Crippen molar-refractivity contribution in [2.45, 2.75) is 57.3 Å². The summed E-state index contributed by atoms with van der Waals surface area (Å²) in [4.78, 5) is 12.2. The smallest absolute Gasteiger partial charge is 0.228 e. The molecule has 1 heterocycles. The fraction of sp³-hybridized carbons (Fsp3) is 0.714. The summed E-state index contributed by atoms with van der Waals surface area (Å²) < 4.78 is 0. The van der Waals surface area contributed by atoms with E-state index in [0.717, 1.165) is 12.8 Å². The highest BCUT2D eigenvalue weighted by Crippen LogP contribution is 2.39. The van der Waals surface area contributed by atoms with Crippen molar-refractivity contribution < 1.29 is 4.79 Å². The van der Waals surface area contributed by atoms with Crippen LogP contribution in [0.3, 0.4) is 0 Å². The number of hydrogen-bond acceptors (Lipinski definition) is 2. The number of rotatable bonds is 3. The molecule has 4 heteroatoms. The van der Waals surface area contributed by atoms with Gasteiger partial charge in [-0.3, -0.25) is 9.89 Å². The predicted octanol–water partition coefficient (Wildman–Crippen LogP) is 3.20. The number of amides is 1. The molecular weight excluding hydrogens is 226 g/mol. The van der Waals surface area contributed by atoms with Crippen LogP contribution in [0.1, 0.15) is 63.0 Å². The molecule has 0 spiro atoms. The van der Waals surface area contributed by atoms with E-state index in [4.69, 9.17) is 0 Å². The van der Waals surface area contributed by atoms with E-state index in [0.29, 0.717) is 11.7 Å². The number of aromatic nitrogens is 2. The second kappa shape index (κ2) is 5.12. The normalized spacial score (nSPS) is 21.6. The van der Waals surface area contributed by atoms with E-state index in [2.05, 4.69) is 15.5 Å². The monoisotopic (exact) mass is 247 g/mol. The highest BCUT2D eigenvalue weighted by atomic mass is 16.1. The summed E-state index contributed by atoms with van der Waals surface area (Å²) in [5.74, 6) is 1.70. The first-order valence-electron chi connectivity index (χ1n) is 7.19. The Hall–Kier alpha value is -1.32. The van der Waals surface area contributed by atoms with Gasteiger partial charge in [-0.25, -0.2) is 0 Å². The first-order valence-corrected chi connectivity index (χ1v) is 7.19. The molecule has 0 radical (unpaired) electrons. The quantitative estimate of drug-likeness (QED) is 0.806. The minimum absolute atomic E-state index is 0.158. The number of hydrogen-bond donors (Lipinski definition) is 2. The lowest BCUT2D eigenvalue weighted by Gasteiger charge is -2.12. The Morgan fingerprint density at radius 2 is 1.89 bits per heavy atom. The fourth-order valence-electron chi connectivity index (χ4n) is 2.77. The number of carbonyl (C=O) groups is 1. The van der Waals surface area contributed by atoms with Crippen molar-refractivity contribution in [1.82, 2.24) is 10.2 Å². The van der Waals surface area contributed by atoms with Gasteiger partial charge in [0.1, 0.15) is 0 Å². The Morgan fingerprint density at radius 3 is 2.56 bits per heavy atom. The van der Waals surface area contributed by atoms with Crippen LogP contribution < -0.4 is 5.32 Å². The predicted molar refractivity (Wildman–Crippen MR) is 70.4 cm³/mol. The van der Waals surface area contributed by atoms with Crippen molar-refractivity contribution in [1.29, 1.82) is 0 Å². The molecule has 2 saturated carbocycles. The van der Waals surface area contributed by atoms with Gasteiger partial charge in [-0.1, -0.05) is 25.7 Å². The molecule has 2 fully saturated rings. The molecule has 0 bridgehead atoms. The van der Waals surface area contributed by atoms with Crippen LogP contribution in [0.5, 0.6) is 0 Å². The van der Waals surface area contributed by atoms with Crippen molar-refractivity contribution >= 4 is 11.7 Å². The zero-order chi connectivity index (χ0) is 12.4. The Kier molecular flexibility index (Phi) is 3.35. The summed E-state index contributed by atoms with van der Waals surface area (Å²) in [5.41, 5.74) is 1.17. The molecule has 2 aliphatic carbocycles. The van der Waals surface area contributed by atoms with Gasteiger partial charge in [0, 0.05) is 23.6 Å². The summed E-state index contributed by atoms with van der Waals surface area (Å²) in [5, 5.41) is 10.2. The van der Waals surface area contributed by atoms with Crippen LogP contribution in [-0.2, 0) is 4.79 Å². The van der Waals surface area contributed by atoms with Gasteiger partial charge in [-0.05, 0) is 25.7 Å². The lowest BCUT2D eigenvalue weighted by atomic mass is 9.99. The summed E-state index contributed by atoms with van der Waals surface area (Å²) in [7, 11) is 0. The maximum Gasteiger partial charge on any atom is 0.228 e. The van der Waals surface area contributed by atoms with Crippen LogP contribution >= 0.6 is 0 Å². The SMILES string of the molecule is O=C(Nc1cc(C2CC2)[nH]n1)C1CCCCCC1. The molecule has 2 N–H and O–H groups in total. The molecule has 1 aromatic rings. The van der Waals surface area contributed by atoms with E-state index in [-0.39, 0.29) is 11.8 Å². The van der Waals surface area contributed by atoms with Gasteiger partial charge < -0.3 is 5.32 Å². The summed E-state index contributed by atoms with van der Waals surface area (Å²) in [6.07, 6.45) is 9.49. The molecule has 3 rings (SSSR count). The molecule has 2 aliphatic rings. The van der Waals surface area contributed by atoms with Gasteiger partial charge in [-0.2, -0.15) is 5.10 Å². The largest absolute Gasteiger partial charge is 0.309 e. The van der Waals surface area contributed by atoms with Crippen molar-refractivity contribution in [3.63, 3.8) is 0 Å². The van der Waals surface area contributed by atoms with Crippen LogP contribution in [0.15, 0.2) is 6.07 Å². The average molecular weight is 247 g/mol. The molecule has 0 unspecified atom stereocenters. The minimum atomic E-state index is 0.158. The molecule has 18 heavy (non-hydrogen) atoms. The van der Waals surface area contributed by atoms with E-state index < -0.39 is 0 Å². The Labute approximate surface area is 108 Å². The van der Waals surface area contributed by atoms with Gasteiger partial charge in [0.2, 0.25) is 5.91 Å². The maximum atomic E-state index is 12.2. The summed E-state index contributed by atoms with van der Waals surface area (Å²) >= 11 is 0. The van der Waals surface area contributed by atoms with Crippen LogP contribution in [0.4, 0.5) is 5.82 Å². The third-order valence-corrected chi connectivity index (χ3v) is 4.09. The Morgan fingerprint density at radius 1 is 1.17 bits per heavy atom. The van der Waals surface area contributed by atoms with E-state index in [1.54, 1.807) is 0 Å². The summed E-state index contributed by atoms with van der Waals surface area (Å²) in [6, 6.07) is 1.99. The molecule has 98 valence electrons. The van der Waals surface area contributed by atoms with Crippen molar-refractivity contribution in [2.24, 2.45) is 5.92 Å². The molecule has 4 nitrogen and oxygen atoms in total. The van der Waals surface area contributed by atoms with Crippen LogP contribution in [0.25, 0.3) is 0 Å². The van der Waals surface area contributed by atoms with Gasteiger partial charge >= 0.3 is 0 Å². The van der Waals surface area contributed by atoms with Gasteiger partial charge in [0.25, 0.3) is 0 Å². The fourth-order valence-corrected chi connectivity index (χ4v) is 2.77. The standard InChI is InChI=1S/C14H21N3O/c18-14(11-5-3-1-2-4-6-11)15-13-9-12(16-17-13)10-7-8-10/h9-11H,1-8H2,(H2,15,16,17,18). The van der Waals surface area contributed by atoms with Crippen LogP contribution in [0.2, 0.25) is 0 Å². The second-order valence-electron chi connectivity index (χ2n) is 5.66. The van der Waals surface area contributed by atoms with Gasteiger partial charge in [0.15, 0.2) is 5.82 Å². The number of carbonyl (C=O) groups excluding carboxylic acids is 1. The molecule has 0 atom stereocenters. The first-order chi connectivity index (χ1) is 8.83. The third-order valence-electron chi connectivity index (χ3n) is 4.09. The van der Waals surface area contributed by atoms with Crippen LogP contribution in [-0.4, -0.2) is 16.1 Å². The number of nitrogens with one attached hydrogen (secondary N) is 2. The molecule has 1 amide bonds. The van der Waals surface area contributed by atoms with Crippen molar-refractivity contribution in [3.05, 3.63) is 11.8 Å². The van der Waals surface area contributed by atoms with E-state index >= 15 is 0 Å². The minimum Gasteiger partial charge on any atom is -0.309 e. The second-order valence-corrected chi connectivity index (χ2v) is 5.66. The lowest BCUT2D eigenvalue weighted by Crippen LogP contribution is -2.22. The molecule has 0 saturated heterocycles. The topological polar surface area (TPSA) is 57.8 Å². The maximum absolute atomic E-state index is 12.2. The summed E-state index contributed by atoms with van der Waals surface area (Å²) in [6.45, 7) is 0. The van der Waals surface area contributed by atoms with Crippen molar-refractivity contribution in [2.75, 3.05) is 5.32 Å². The molecular formula is C14H21N3O. The first kappa shape index (κ1) is 11.8. The zero-order valence-electron chi connectivity index (χ0n) is 10.7. The molecule has 0 aliphatic heterocycles. The van der Waals surface area contributed by atoms with E-state index in [1.165, 1.54) is 44.2 Å². The average Bonchev–Trinajstić information content (AvgIpc) is 3.16. The van der Waals surface area contributed by atoms with E-state index in [1.807, 2.05) is 6.07 Å². The Balaban J connectivity index is 1.58. The Bertz CT molecular complexity index is 414. The van der Waals surface area contributed by atoms with Crippen molar-refractivity contribution in [3.8, 4) is 0 Å². The number of anilines is 1. The lowest BCUT2D eigenvalue weighted by molar-refractivity contribution is -0.120. The molecule has 0 aromatic carbocycles. The molecule has 1 aromatic heterocycles. The number of aromatic amines is 1. The highest BCUT2D eigenvalue weighted by Gasteiger charge is 2.26. The van der Waals surface area contributed by atoms with Gasteiger partial charge in [-0.15, -0.1) is 0 Å². The number of nitrogens with zero attached hydrogens (tertiary/aromatic N) is 1. The highest BCUT2D eigenvalue weighted by molar-refractivity contribution is 5.91. The van der Waals surface area contributed by atoms with Gasteiger partial charge in [0.05, 0.1) is 0 Å². The number of H-pyrrole nitrogens is 1.